The van der Waals surface area contributed by atoms with Crippen molar-refractivity contribution in [1.29, 1.82) is 0 Å². The van der Waals surface area contributed by atoms with E-state index in [1.807, 2.05) is 4.90 Å². The number of carbonyl (C=O) groups is 1. The zero-order chi connectivity index (χ0) is 15.6. The van der Waals surface area contributed by atoms with Crippen molar-refractivity contribution < 1.29 is 23.1 Å². The Balaban J connectivity index is 2.27. The highest BCUT2D eigenvalue weighted by Crippen LogP contribution is 2.35. The maximum atomic E-state index is 12.8. The number of carboxylic acid groups (broad SMARTS) is 1. The fraction of sp³-hybridized carbons (Fsp3) is 0.533. The lowest BCUT2D eigenvalue weighted by atomic mass is 9.94. The van der Waals surface area contributed by atoms with Crippen LogP contribution in [-0.4, -0.2) is 24.2 Å². The van der Waals surface area contributed by atoms with Crippen LogP contribution in [0.5, 0.6) is 0 Å². The number of anilines is 1. The predicted octanol–water partition coefficient (Wildman–Crippen LogP) is 4.03. The molecule has 1 N–H and O–H groups in total. The van der Waals surface area contributed by atoms with Gasteiger partial charge in [0.2, 0.25) is 0 Å². The average molecular weight is 301 g/mol. The van der Waals surface area contributed by atoms with Crippen molar-refractivity contribution >= 4 is 11.7 Å². The second-order valence-electron chi connectivity index (χ2n) is 5.37. The van der Waals surface area contributed by atoms with Crippen LogP contribution in [-0.2, 0) is 6.18 Å². The molecule has 1 heterocycles. The van der Waals surface area contributed by atoms with Gasteiger partial charge in [0.25, 0.3) is 0 Å². The van der Waals surface area contributed by atoms with E-state index < -0.39 is 23.3 Å². The molecular formula is C15H18F3NO2. The number of hydrogen-bond donors (Lipinski definition) is 1. The summed E-state index contributed by atoms with van der Waals surface area (Å²) in [5, 5.41) is 9.01. The molecule has 0 amide bonds. The zero-order valence-electron chi connectivity index (χ0n) is 11.8. The maximum absolute atomic E-state index is 12.8. The molecule has 1 aliphatic heterocycles. The Kier molecular flexibility index (Phi) is 4.44. The van der Waals surface area contributed by atoms with Gasteiger partial charge in [0.15, 0.2) is 0 Å². The van der Waals surface area contributed by atoms with E-state index in [0.717, 1.165) is 44.5 Å². The first-order valence-corrected chi connectivity index (χ1v) is 7.02. The standard InChI is InChI=1S/C15H18F3NO2/c1-2-10-5-7-19(8-6-10)11-3-4-13(15(16,17)18)12(9-11)14(20)21/h3-4,9-10H,2,5-8H2,1H3,(H,20,21). The lowest BCUT2D eigenvalue weighted by molar-refractivity contribution is -0.138. The Labute approximate surface area is 121 Å². The first-order valence-electron chi connectivity index (χ1n) is 7.02. The summed E-state index contributed by atoms with van der Waals surface area (Å²) in [6, 6.07) is 3.36. The summed E-state index contributed by atoms with van der Waals surface area (Å²) in [4.78, 5) is 13.0. The van der Waals surface area contributed by atoms with Gasteiger partial charge in [-0.2, -0.15) is 13.2 Å². The molecule has 0 saturated carbocycles. The fourth-order valence-electron chi connectivity index (χ4n) is 2.75. The molecule has 1 fully saturated rings. The highest BCUT2D eigenvalue weighted by atomic mass is 19.4. The number of alkyl halides is 3. The second-order valence-corrected chi connectivity index (χ2v) is 5.37. The molecule has 116 valence electrons. The Hall–Kier alpha value is -1.72. The lowest BCUT2D eigenvalue weighted by Gasteiger charge is -2.33. The molecule has 6 heteroatoms. The molecule has 3 nitrogen and oxygen atoms in total. The van der Waals surface area contributed by atoms with E-state index in [2.05, 4.69) is 6.92 Å². The van der Waals surface area contributed by atoms with Gasteiger partial charge < -0.3 is 10.0 Å². The largest absolute Gasteiger partial charge is 0.478 e. The summed E-state index contributed by atoms with van der Waals surface area (Å²) in [7, 11) is 0. The van der Waals surface area contributed by atoms with Crippen LogP contribution in [0.3, 0.4) is 0 Å². The van der Waals surface area contributed by atoms with Crippen LogP contribution < -0.4 is 4.90 Å². The van der Waals surface area contributed by atoms with Gasteiger partial charge in [-0.05, 0) is 37.0 Å². The number of carboxylic acids is 1. The van der Waals surface area contributed by atoms with Gasteiger partial charge in [0.1, 0.15) is 0 Å². The molecule has 1 aliphatic rings. The van der Waals surface area contributed by atoms with Crippen LogP contribution in [0.15, 0.2) is 18.2 Å². The second kappa shape index (κ2) is 5.95. The van der Waals surface area contributed by atoms with Gasteiger partial charge in [-0.3, -0.25) is 0 Å². The number of piperidine rings is 1. The van der Waals surface area contributed by atoms with Crippen LogP contribution in [0.4, 0.5) is 18.9 Å². The molecule has 0 aliphatic carbocycles. The van der Waals surface area contributed by atoms with Crippen molar-refractivity contribution in [2.24, 2.45) is 5.92 Å². The predicted molar refractivity (Wildman–Crippen MR) is 73.6 cm³/mol. The molecule has 0 unspecified atom stereocenters. The number of hydrogen-bond acceptors (Lipinski definition) is 2. The molecule has 0 atom stereocenters. The smallest absolute Gasteiger partial charge is 0.417 e. The summed E-state index contributed by atoms with van der Waals surface area (Å²) < 4.78 is 38.4. The molecule has 21 heavy (non-hydrogen) atoms. The van der Waals surface area contributed by atoms with E-state index in [9.17, 15) is 18.0 Å². The monoisotopic (exact) mass is 301 g/mol. The number of benzene rings is 1. The summed E-state index contributed by atoms with van der Waals surface area (Å²) in [6.07, 6.45) is -1.58. The van der Waals surface area contributed by atoms with Gasteiger partial charge in [-0.15, -0.1) is 0 Å². The third kappa shape index (κ3) is 3.49. The molecule has 0 bridgehead atoms. The first-order chi connectivity index (χ1) is 9.82. The van der Waals surface area contributed by atoms with E-state index in [1.165, 1.54) is 6.07 Å². The molecule has 0 radical (unpaired) electrons. The minimum atomic E-state index is -4.65. The number of nitrogens with zero attached hydrogens (tertiary/aromatic N) is 1. The van der Waals surface area contributed by atoms with Crippen molar-refractivity contribution in [3.63, 3.8) is 0 Å². The third-order valence-electron chi connectivity index (χ3n) is 4.10. The fourth-order valence-corrected chi connectivity index (χ4v) is 2.75. The van der Waals surface area contributed by atoms with E-state index in [1.54, 1.807) is 0 Å². The first kappa shape index (κ1) is 15.7. The Morgan fingerprint density at radius 1 is 1.33 bits per heavy atom. The van der Waals surface area contributed by atoms with Crippen molar-refractivity contribution in [2.75, 3.05) is 18.0 Å². The number of rotatable bonds is 3. The van der Waals surface area contributed by atoms with Crippen molar-refractivity contribution in [1.82, 2.24) is 0 Å². The SMILES string of the molecule is CCC1CCN(c2ccc(C(F)(F)F)c(C(=O)O)c2)CC1. The summed E-state index contributed by atoms with van der Waals surface area (Å²) in [6.45, 7) is 3.63. The average Bonchev–Trinajstić information content (AvgIpc) is 2.45. The normalized spacial score (nSPS) is 17.0. The molecule has 0 aromatic heterocycles. The molecule has 1 aromatic carbocycles. The third-order valence-corrected chi connectivity index (χ3v) is 4.10. The number of aromatic carboxylic acids is 1. The van der Waals surface area contributed by atoms with Gasteiger partial charge in [0.05, 0.1) is 11.1 Å². The highest BCUT2D eigenvalue weighted by Gasteiger charge is 2.35. The van der Waals surface area contributed by atoms with Crippen molar-refractivity contribution in [3.8, 4) is 0 Å². The Bertz CT molecular complexity index is 520. The van der Waals surface area contributed by atoms with E-state index >= 15 is 0 Å². The molecule has 2 rings (SSSR count). The quantitative estimate of drug-likeness (QED) is 0.916. The van der Waals surface area contributed by atoms with E-state index in [-0.39, 0.29) is 0 Å². The lowest BCUT2D eigenvalue weighted by Crippen LogP contribution is -2.33. The van der Waals surface area contributed by atoms with Crippen LogP contribution >= 0.6 is 0 Å². The van der Waals surface area contributed by atoms with Crippen molar-refractivity contribution in [2.45, 2.75) is 32.4 Å². The number of halogens is 3. The van der Waals surface area contributed by atoms with Crippen molar-refractivity contribution in [3.05, 3.63) is 29.3 Å². The van der Waals surface area contributed by atoms with Gasteiger partial charge in [-0.1, -0.05) is 13.3 Å². The minimum absolute atomic E-state index is 0.551. The van der Waals surface area contributed by atoms with E-state index in [4.69, 9.17) is 5.11 Å². The van der Waals surface area contributed by atoms with Crippen LogP contribution in [0, 0.1) is 5.92 Å². The van der Waals surface area contributed by atoms with Gasteiger partial charge in [-0.25, -0.2) is 4.79 Å². The van der Waals surface area contributed by atoms with Crippen LogP contribution in [0.2, 0.25) is 0 Å². The van der Waals surface area contributed by atoms with Crippen LogP contribution in [0.1, 0.15) is 42.1 Å². The zero-order valence-corrected chi connectivity index (χ0v) is 11.8. The Morgan fingerprint density at radius 2 is 1.95 bits per heavy atom. The van der Waals surface area contributed by atoms with E-state index in [0.29, 0.717) is 11.6 Å². The summed E-state index contributed by atoms with van der Waals surface area (Å²) in [5.41, 5.74) is -1.23. The van der Waals surface area contributed by atoms with Crippen LogP contribution in [0.25, 0.3) is 0 Å². The van der Waals surface area contributed by atoms with Gasteiger partial charge >= 0.3 is 12.1 Å². The summed E-state index contributed by atoms with van der Waals surface area (Å²) >= 11 is 0. The molecule has 1 aromatic rings. The molecular weight excluding hydrogens is 283 g/mol. The molecule has 1 saturated heterocycles. The summed E-state index contributed by atoms with van der Waals surface area (Å²) in [5.74, 6) is -0.901. The highest BCUT2D eigenvalue weighted by molar-refractivity contribution is 5.91. The Morgan fingerprint density at radius 3 is 2.43 bits per heavy atom. The minimum Gasteiger partial charge on any atom is -0.478 e. The maximum Gasteiger partial charge on any atom is 0.417 e. The topological polar surface area (TPSA) is 40.5 Å². The molecule has 0 spiro atoms. The van der Waals surface area contributed by atoms with Gasteiger partial charge in [0, 0.05) is 18.8 Å².